The van der Waals surface area contributed by atoms with E-state index in [0.29, 0.717) is 11.3 Å². The molecule has 154 valence electrons. The Morgan fingerprint density at radius 3 is 2.40 bits per heavy atom. The quantitative estimate of drug-likeness (QED) is 0.447. The number of sulfonamides is 1. The third kappa shape index (κ3) is 3.99. The van der Waals surface area contributed by atoms with Crippen LogP contribution in [0.2, 0.25) is 5.02 Å². The third-order valence-corrected chi connectivity index (χ3v) is 5.97. The van der Waals surface area contributed by atoms with E-state index in [1.165, 1.54) is 22.7 Å². The number of fused-ring (bicyclic) bond motifs is 1. The summed E-state index contributed by atoms with van der Waals surface area (Å²) in [6.45, 7) is 0. The molecule has 0 saturated carbocycles. The molecule has 0 radical (unpaired) electrons. The fourth-order valence-corrected chi connectivity index (χ4v) is 4.23. The van der Waals surface area contributed by atoms with Crippen LogP contribution in [0.5, 0.6) is 0 Å². The van der Waals surface area contributed by atoms with Crippen molar-refractivity contribution in [3.63, 3.8) is 0 Å². The van der Waals surface area contributed by atoms with Crippen molar-refractivity contribution in [2.45, 2.75) is 11.1 Å². The van der Waals surface area contributed by atoms with Gasteiger partial charge in [0.2, 0.25) is 0 Å². The highest BCUT2D eigenvalue weighted by atomic mass is 35.5. The van der Waals surface area contributed by atoms with Crippen molar-refractivity contribution in [1.82, 2.24) is 9.38 Å². The molecule has 0 unspecified atom stereocenters. The molecule has 30 heavy (non-hydrogen) atoms. The molecule has 0 aliphatic carbocycles. The minimum atomic E-state index is -4.54. The van der Waals surface area contributed by atoms with Crippen molar-refractivity contribution in [2.24, 2.45) is 0 Å². The number of halogens is 4. The molecular weight excluding hydrogens is 439 g/mol. The van der Waals surface area contributed by atoms with Gasteiger partial charge >= 0.3 is 6.18 Å². The van der Waals surface area contributed by atoms with E-state index < -0.39 is 21.8 Å². The molecule has 2 aromatic heterocycles. The number of aromatic nitrogens is 2. The summed E-state index contributed by atoms with van der Waals surface area (Å²) in [5, 5.41) is -0.142. The first-order valence-electron chi connectivity index (χ1n) is 8.57. The van der Waals surface area contributed by atoms with Crippen molar-refractivity contribution in [3.8, 4) is 11.3 Å². The van der Waals surface area contributed by atoms with E-state index >= 15 is 0 Å². The Labute approximate surface area is 174 Å². The van der Waals surface area contributed by atoms with E-state index in [4.69, 9.17) is 11.6 Å². The predicted molar refractivity (Wildman–Crippen MR) is 108 cm³/mol. The van der Waals surface area contributed by atoms with Gasteiger partial charge in [0.25, 0.3) is 10.0 Å². The number of hydrogen-bond acceptors (Lipinski definition) is 3. The predicted octanol–water partition coefficient (Wildman–Crippen LogP) is 5.47. The van der Waals surface area contributed by atoms with E-state index in [-0.39, 0.29) is 21.3 Å². The molecule has 4 rings (SSSR count). The second-order valence-electron chi connectivity index (χ2n) is 6.43. The average Bonchev–Trinajstić information content (AvgIpc) is 3.13. The summed E-state index contributed by atoms with van der Waals surface area (Å²) >= 11 is 5.98. The largest absolute Gasteiger partial charge is 0.417 e. The van der Waals surface area contributed by atoms with E-state index in [2.05, 4.69) is 9.71 Å². The van der Waals surface area contributed by atoms with Gasteiger partial charge in [0.15, 0.2) is 5.65 Å². The second kappa shape index (κ2) is 7.33. The van der Waals surface area contributed by atoms with Crippen LogP contribution in [0.1, 0.15) is 5.56 Å². The highest BCUT2D eigenvalue weighted by Crippen LogP contribution is 2.33. The summed E-state index contributed by atoms with van der Waals surface area (Å²) in [6, 6.07) is 15.1. The molecule has 0 saturated heterocycles. The molecule has 0 fully saturated rings. The Morgan fingerprint density at radius 1 is 0.967 bits per heavy atom. The maximum Gasteiger partial charge on any atom is 0.417 e. The molecule has 0 aliphatic rings. The highest BCUT2D eigenvalue weighted by molar-refractivity contribution is 7.92. The number of nitrogens with one attached hydrogen (secondary N) is 1. The zero-order valence-corrected chi connectivity index (χ0v) is 16.6. The van der Waals surface area contributed by atoms with Crippen LogP contribution in [0.15, 0.2) is 78.0 Å². The van der Waals surface area contributed by atoms with Crippen LogP contribution in [-0.4, -0.2) is 17.8 Å². The SMILES string of the molecule is O=S(=O)(Nc1cccc(-c2cn3cc(C(F)(F)F)cc(Cl)c3n2)c1)c1ccccc1. The van der Waals surface area contributed by atoms with Gasteiger partial charge < -0.3 is 4.40 Å². The Morgan fingerprint density at radius 2 is 1.70 bits per heavy atom. The molecule has 1 N–H and O–H groups in total. The number of pyridine rings is 1. The zero-order chi connectivity index (χ0) is 21.5. The fourth-order valence-electron chi connectivity index (χ4n) is 2.91. The van der Waals surface area contributed by atoms with Gasteiger partial charge in [0.05, 0.1) is 21.2 Å². The number of rotatable bonds is 4. The van der Waals surface area contributed by atoms with Crippen molar-refractivity contribution in [1.29, 1.82) is 0 Å². The first kappa shape index (κ1) is 20.2. The normalized spacial score (nSPS) is 12.3. The maximum absolute atomic E-state index is 13.0. The number of hydrogen-bond donors (Lipinski definition) is 1. The molecule has 10 heteroatoms. The monoisotopic (exact) mass is 451 g/mol. The second-order valence-corrected chi connectivity index (χ2v) is 8.52. The summed E-state index contributed by atoms with van der Waals surface area (Å²) < 4.78 is 67.8. The number of imidazole rings is 1. The highest BCUT2D eigenvalue weighted by Gasteiger charge is 2.32. The van der Waals surface area contributed by atoms with Crippen molar-refractivity contribution in [3.05, 3.63) is 83.6 Å². The number of benzene rings is 2. The smallest absolute Gasteiger partial charge is 0.305 e. The molecule has 4 aromatic rings. The van der Waals surface area contributed by atoms with E-state index in [1.807, 2.05) is 0 Å². The topological polar surface area (TPSA) is 63.5 Å². The lowest BCUT2D eigenvalue weighted by molar-refractivity contribution is -0.137. The number of alkyl halides is 3. The van der Waals surface area contributed by atoms with Gasteiger partial charge in [-0.3, -0.25) is 4.72 Å². The van der Waals surface area contributed by atoms with Crippen molar-refractivity contribution >= 4 is 33.0 Å². The summed E-state index contributed by atoms with van der Waals surface area (Å²) in [7, 11) is -3.79. The van der Waals surface area contributed by atoms with Gasteiger partial charge in [0, 0.05) is 23.6 Å². The van der Waals surface area contributed by atoms with Crippen molar-refractivity contribution < 1.29 is 21.6 Å². The number of nitrogens with zero attached hydrogens (tertiary/aromatic N) is 2. The standard InChI is InChI=1S/C20H13ClF3N3O2S/c21-17-10-14(20(22,23)24)11-27-12-18(25-19(17)27)13-5-4-6-15(9-13)26-30(28,29)16-7-2-1-3-8-16/h1-12,26H. The Hall–Kier alpha value is -3.04. The van der Waals surface area contributed by atoms with Gasteiger partial charge in [-0.1, -0.05) is 41.9 Å². The van der Waals surface area contributed by atoms with Crippen LogP contribution >= 0.6 is 11.6 Å². The lowest BCUT2D eigenvalue weighted by Crippen LogP contribution is -2.12. The zero-order valence-electron chi connectivity index (χ0n) is 15.1. The van der Waals surface area contributed by atoms with E-state index in [9.17, 15) is 21.6 Å². The third-order valence-electron chi connectivity index (χ3n) is 4.30. The van der Waals surface area contributed by atoms with Crippen LogP contribution in [0.25, 0.3) is 16.9 Å². The fraction of sp³-hybridized carbons (Fsp3) is 0.0500. The molecule has 5 nitrogen and oxygen atoms in total. The van der Waals surface area contributed by atoms with E-state index in [0.717, 1.165) is 12.3 Å². The van der Waals surface area contributed by atoms with Gasteiger partial charge in [-0.2, -0.15) is 13.2 Å². The number of anilines is 1. The summed E-state index contributed by atoms with van der Waals surface area (Å²) in [6.07, 6.45) is -2.24. The molecule has 2 heterocycles. The molecule has 2 aromatic carbocycles. The lowest BCUT2D eigenvalue weighted by Gasteiger charge is -2.09. The summed E-state index contributed by atoms with van der Waals surface area (Å²) in [5.74, 6) is 0. The molecule has 0 spiro atoms. The molecular formula is C20H13ClF3N3O2S. The van der Waals surface area contributed by atoms with Crippen LogP contribution in [0.3, 0.4) is 0 Å². The lowest BCUT2D eigenvalue weighted by atomic mass is 10.1. The average molecular weight is 452 g/mol. The maximum atomic E-state index is 13.0. The Kier molecular flexibility index (Phi) is 4.95. The van der Waals surface area contributed by atoms with Crippen LogP contribution in [-0.2, 0) is 16.2 Å². The van der Waals surface area contributed by atoms with Gasteiger partial charge in [-0.05, 0) is 30.3 Å². The minimum Gasteiger partial charge on any atom is -0.305 e. The summed E-state index contributed by atoms with van der Waals surface area (Å²) in [4.78, 5) is 4.39. The van der Waals surface area contributed by atoms with Gasteiger partial charge in [0.1, 0.15) is 0 Å². The molecule has 0 amide bonds. The molecule has 0 atom stereocenters. The first-order valence-corrected chi connectivity index (χ1v) is 10.4. The van der Waals surface area contributed by atoms with E-state index in [1.54, 1.807) is 42.5 Å². The van der Waals surface area contributed by atoms with Gasteiger partial charge in [-0.25, -0.2) is 13.4 Å². The van der Waals surface area contributed by atoms with Gasteiger partial charge in [-0.15, -0.1) is 0 Å². The molecule has 0 bridgehead atoms. The van der Waals surface area contributed by atoms with Crippen molar-refractivity contribution in [2.75, 3.05) is 4.72 Å². The van der Waals surface area contributed by atoms with Crippen LogP contribution in [0.4, 0.5) is 18.9 Å². The van der Waals surface area contributed by atoms with Crippen LogP contribution < -0.4 is 4.72 Å². The Balaban J connectivity index is 1.70. The molecule has 0 aliphatic heterocycles. The summed E-state index contributed by atoms with van der Waals surface area (Å²) in [5.41, 5.74) is 0.410. The minimum absolute atomic E-state index is 0.106. The first-order chi connectivity index (χ1) is 14.1. The van der Waals surface area contributed by atoms with Crippen LogP contribution in [0, 0.1) is 0 Å². The Bertz CT molecular complexity index is 1340.